The minimum absolute atomic E-state index is 0.267. The molecule has 0 unspecified atom stereocenters. The summed E-state index contributed by atoms with van der Waals surface area (Å²) in [4.78, 5) is 0. The van der Waals surface area contributed by atoms with Crippen LogP contribution in [0.4, 0.5) is 0 Å². The fourth-order valence-electron chi connectivity index (χ4n) is 1.81. The van der Waals surface area contributed by atoms with Crippen LogP contribution >= 0.6 is 0 Å². The second-order valence-corrected chi connectivity index (χ2v) is 5.18. The highest BCUT2D eigenvalue weighted by atomic mass is 16.4. The predicted molar refractivity (Wildman–Crippen MR) is 72.8 cm³/mol. The molecule has 18 heavy (non-hydrogen) atoms. The molecule has 0 saturated heterocycles. The van der Waals surface area contributed by atoms with Crippen molar-refractivity contribution in [2.24, 2.45) is 16.3 Å². The highest BCUT2D eigenvalue weighted by molar-refractivity contribution is 5.85. The molecule has 0 amide bonds. The molecule has 0 fully saturated rings. The summed E-state index contributed by atoms with van der Waals surface area (Å²) in [6.45, 7) is 8.95. The van der Waals surface area contributed by atoms with E-state index in [0.29, 0.717) is 0 Å². The average Bonchev–Trinajstić information content (AvgIpc) is 2.77. The summed E-state index contributed by atoms with van der Waals surface area (Å²) in [5.74, 6) is 0.267. The van der Waals surface area contributed by atoms with E-state index in [1.165, 1.54) is 5.69 Å². The Bertz CT molecular complexity index is 421. The fraction of sp³-hybridized carbons (Fsp3) is 0.692. The summed E-state index contributed by atoms with van der Waals surface area (Å²) in [6, 6.07) is 2.15. The molecular weight excluding hydrogens is 228 g/mol. The number of oxime groups is 1. The molecule has 1 heterocycles. The SMILES string of the molecule is CCc1cc(CC)n(CCC(C)(C)/C(N)=N/O)n1. The van der Waals surface area contributed by atoms with Crippen molar-refractivity contribution in [3.8, 4) is 0 Å². The minimum Gasteiger partial charge on any atom is -0.409 e. The van der Waals surface area contributed by atoms with Gasteiger partial charge in [-0.3, -0.25) is 4.68 Å². The smallest absolute Gasteiger partial charge is 0.144 e. The van der Waals surface area contributed by atoms with Crippen LogP contribution in [0.3, 0.4) is 0 Å². The van der Waals surface area contributed by atoms with Gasteiger partial charge in [0.05, 0.1) is 5.69 Å². The highest BCUT2D eigenvalue weighted by Crippen LogP contribution is 2.22. The first kappa shape index (κ1) is 14.5. The number of aromatic nitrogens is 2. The second kappa shape index (κ2) is 5.89. The summed E-state index contributed by atoms with van der Waals surface area (Å²) in [5, 5.41) is 16.4. The van der Waals surface area contributed by atoms with Crippen molar-refractivity contribution in [3.63, 3.8) is 0 Å². The van der Waals surface area contributed by atoms with Crippen molar-refractivity contribution in [2.75, 3.05) is 0 Å². The van der Waals surface area contributed by atoms with Crippen LogP contribution in [0.1, 0.15) is 45.5 Å². The van der Waals surface area contributed by atoms with Crippen LogP contribution in [0.2, 0.25) is 0 Å². The predicted octanol–water partition coefficient (Wildman–Crippen LogP) is 2.17. The highest BCUT2D eigenvalue weighted by Gasteiger charge is 2.23. The van der Waals surface area contributed by atoms with Crippen LogP contribution in [0, 0.1) is 5.41 Å². The van der Waals surface area contributed by atoms with E-state index in [0.717, 1.165) is 31.5 Å². The molecule has 5 nitrogen and oxygen atoms in total. The van der Waals surface area contributed by atoms with Crippen molar-refractivity contribution < 1.29 is 5.21 Å². The van der Waals surface area contributed by atoms with Crippen LogP contribution in [0.5, 0.6) is 0 Å². The molecule has 0 aliphatic heterocycles. The lowest BCUT2D eigenvalue weighted by Crippen LogP contribution is -2.33. The Hall–Kier alpha value is -1.52. The Morgan fingerprint density at radius 1 is 1.44 bits per heavy atom. The normalized spacial score (nSPS) is 13.0. The van der Waals surface area contributed by atoms with Gasteiger partial charge in [0.25, 0.3) is 0 Å². The monoisotopic (exact) mass is 252 g/mol. The molecule has 0 aliphatic rings. The number of nitrogens with two attached hydrogens (primary N) is 1. The fourth-order valence-corrected chi connectivity index (χ4v) is 1.81. The van der Waals surface area contributed by atoms with Crippen molar-refractivity contribution in [3.05, 3.63) is 17.5 Å². The number of hydrogen-bond donors (Lipinski definition) is 2. The third-order valence-corrected chi connectivity index (χ3v) is 3.39. The Labute approximate surface area is 109 Å². The zero-order chi connectivity index (χ0) is 13.8. The maximum Gasteiger partial charge on any atom is 0.144 e. The number of hydrogen-bond acceptors (Lipinski definition) is 3. The molecule has 0 aliphatic carbocycles. The quantitative estimate of drug-likeness (QED) is 0.352. The van der Waals surface area contributed by atoms with Gasteiger partial charge in [0.2, 0.25) is 0 Å². The Balaban J connectivity index is 2.77. The van der Waals surface area contributed by atoms with Crippen molar-refractivity contribution in [1.29, 1.82) is 0 Å². The number of aryl methyl sites for hydroxylation is 3. The summed E-state index contributed by atoms with van der Waals surface area (Å²) in [5.41, 5.74) is 7.72. The maximum absolute atomic E-state index is 8.75. The molecule has 0 atom stereocenters. The molecule has 0 saturated carbocycles. The summed E-state index contributed by atoms with van der Waals surface area (Å²) >= 11 is 0. The van der Waals surface area contributed by atoms with Crippen LogP contribution in [-0.4, -0.2) is 20.8 Å². The maximum atomic E-state index is 8.75. The van der Waals surface area contributed by atoms with Gasteiger partial charge in [-0.2, -0.15) is 5.10 Å². The number of rotatable bonds is 6. The molecule has 0 aromatic carbocycles. The van der Waals surface area contributed by atoms with Gasteiger partial charge in [0.1, 0.15) is 5.84 Å². The molecule has 1 rings (SSSR count). The molecule has 3 N–H and O–H groups in total. The topological polar surface area (TPSA) is 76.4 Å². The number of nitrogens with zero attached hydrogens (tertiary/aromatic N) is 3. The van der Waals surface area contributed by atoms with Crippen LogP contribution in [0.25, 0.3) is 0 Å². The molecular formula is C13H24N4O. The summed E-state index contributed by atoms with van der Waals surface area (Å²) in [7, 11) is 0. The van der Waals surface area contributed by atoms with E-state index in [4.69, 9.17) is 10.9 Å². The summed E-state index contributed by atoms with van der Waals surface area (Å²) < 4.78 is 2.03. The molecule has 1 aromatic rings. The first-order chi connectivity index (χ1) is 8.44. The first-order valence-electron chi connectivity index (χ1n) is 6.48. The molecule has 0 bridgehead atoms. The standard InChI is InChI=1S/C13H24N4O/c1-5-10-9-11(6-2)17(15-10)8-7-13(3,4)12(14)16-18/h9,18H,5-8H2,1-4H3,(H2,14,16). The van der Waals surface area contributed by atoms with Gasteiger partial charge >= 0.3 is 0 Å². The lowest BCUT2D eigenvalue weighted by atomic mass is 9.88. The van der Waals surface area contributed by atoms with Gasteiger partial charge in [-0.1, -0.05) is 32.9 Å². The lowest BCUT2D eigenvalue weighted by Gasteiger charge is -2.23. The Morgan fingerprint density at radius 2 is 2.11 bits per heavy atom. The molecule has 1 aromatic heterocycles. The lowest BCUT2D eigenvalue weighted by molar-refractivity contribution is 0.302. The molecule has 0 radical (unpaired) electrons. The average molecular weight is 252 g/mol. The van der Waals surface area contributed by atoms with E-state index in [1.807, 2.05) is 18.5 Å². The van der Waals surface area contributed by atoms with Crippen molar-refractivity contribution in [2.45, 2.75) is 53.5 Å². The van der Waals surface area contributed by atoms with Crippen molar-refractivity contribution >= 4 is 5.84 Å². The van der Waals surface area contributed by atoms with E-state index in [1.54, 1.807) is 0 Å². The van der Waals surface area contributed by atoms with Crippen molar-refractivity contribution in [1.82, 2.24) is 9.78 Å². The Morgan fingerprint density at radius 3 is 2.61 bits per heavy atom. The zero-order valence-electron chi connectivity index (χ0n) is 11.8. The number of amidine groups is 1. The van der Waals surface area contributed by atoms with Gasteiger partial charge < -0.3 is 10.9 Å². The largest absolute Gasteiger partial charge is 0.409 e. The van der Waals surface area contributed by atoms with E-state index in [9.17, 15) is 0 Å². The molecule has 0 spiro atoms. The summed E-state index contributed by atoms with van der Waals surface area (Å²) in [6.07, 6.45) is 2.71. The van der Waals surface area contributed by atoms with Gasteiger partial charge in [0, 0.05) is 17.7 Å². The van der Waals surface area contributed by atoms with Crippen LogP contribution < -0.4 is 5.73 Å². The zero-order valence-corrected chi connectivity index (χ0v) is 11.8. The first-order valence-corrected chi connectivity index (χ1v) is 6.48. The van der Waals surface area contributed by atoms with Crippen LogP contribution in [0.15, 0.2) is 11.2 Å². The third kappa shape index (κ3) is 3.24. The molecule has 102 valence electrons. The van der Waals surface area contributed by atoms with Gasteiger partial charge in [-0.15, -0.1) is 0 Å². The van der Waals surface area contributed by atoms with Gasteiger partial charge in [0.15, 0.2) is 0 Å². The third-order valence-electron chi connectivity index (χ3n) is 3.39. The van der Waals surface area contributed by atoms with E-state index >= 15 is 0 Å². The van der Waals surface area contributed by atoms with Gasteiger partial charge in [-0.25, -0.2) is 0 Å². The van der Waals surface area contributed by atoms with Crippen LogP contribution in [-0.2, 0) is 19.4 Å². The van der Waals surface area contributed by atoms with Gasteiger partial charge in [-0.05, 0) is 25.3 Å². The second-order valence-electron chi connectivity index (χ2n) is 5.18. The van der Waals surface area contributed by atoms with E-state index < -0.39 is 0 Å². The van der Waals surface area contributed by atoms with E-state index in [2.05, 4.69) is 30.2 Å². The Kier molecular flexibility index (Phi) is 4.76. The van der Waals surface area contributed by atoms with E-state index in [-0.39, 0.29) is 11.3 Å². The molecule has 5 heteroatoms. The minimum atomic E-state index is -0.321.